The molecule has 0 spiro atoms. The maximum atomic E-state index is 14.0. The Balaban J connectivity index is 2.04. The van der Waals surface area contributed by atoms with Crippen LogP contribution in [-0.2, 0) is 14.3 Å². The Morgan fingerprint density at radius 3 is 2.33 bits per heavy atom. The molecular formula is C27H33N3O6. The summed E-state index contributed by atoms with van der Waals surface area (Å²) in [5.74, 6) is 0.151. The van der Waals surface area contributed by atoms with Crippen molar-refractivity contribution in [3.63, 3.8) is 0 Å². The molecule has 1 aliphatic rings. The lowest BCUT2D eigenvalue weighted by Gasteiger charge is -2.38. The number of ether oxygens (including phenoxy) is 4. The molecule has 0 bridgehead atoms. The van der Waals surface area contributed by atoms with Gasteiger partial charge in [-0.3, -0.25) is 14.5 Å². The normalized spacial score (nSPS) is 17.3. The molecule has 4 rings (SSSR count). The number of nitrogens with zero attached hydrogens (tertiary/aromatic N) is 3. The molecule has 0 unspecified atom stereocenters. The summed E-state index contributed by atoms with van der Waals surface area (Å²) < 4.78 is 24.1. The zero-order valence-corrected chi connectivity index (χ0v) is 21.6. The first-order chi connectivity index (χ1) is 17.4. The van der Waals surface area contributed by atoms with Crippen molar-refractivity contribution in [3.05, 3.63) is 42.0 Å². The molecule has 9 heteroatoms. The van der Waals surface area contributed by atoms with Gasteiger partial charge >= 0.3 is 5.97 Å². The number of esters is 1. The third kappa shape index (κ3) is 4.34. The standard InChI is InChI=1S/C27H33N3O6/c1-7-36-26(32)23-24(17-14-21(34-5)22(35-6)15-20(17)33-4)30-19-11-9-8-10-18(19)28-27(30)29(25(23)31)13-12-16(2)3/h8-11,14-16,23-24H,7,12-13H2,1-6H3/t23-,24-/m0/s1. The summed E-state index contributed by atoms with van der Waals surface area (Å²) in [5, 5.41) is 0. The highest BCUT2D eigenvalue weighted by molar-refractivity contribution is 6.08. The van der Waals surface area contributed by atoms with E-state index in [-0.39, 0.29) is 12.5 Å². The second-order valence-electron chi connectivity index (χ2n) is 9.07. The van der Waals surface area contributed by atoms with Crippen LogP contribution in [0.4, 0.5) is 5.95 Å². The van der Waals surface area contributed by atoms with Gasteiger partial charge in [-0.05, 0) is 37.5 Å². The van der Waals surface area contributed by atoms with E-state index >= 15 is 0 Å². The maximum absolute atomic E-state index is 14.0. The van der Waals surface area contributed by atoms with Crippen LogP contribution in [0.5, 0.6) is 17.2 Å². The number of carbonyl (C=O) groups excluding carboxylic acids is 2. The fourth-order valence-corrected chi connectivity index (χ4v) is 4.71. The highest BCUT2D eigenvalue weighted by Gasteiger charge is 2.49. The summed E-state index contributed by atoms with van der Waals surface area (Å²) in [4.78, 5) is 33.9. The minimum Gasteiger partial charge on any atom is -0.496 e. The number of hydrogen-bond donors (Lipinski definition) is 0. The first-order valence-electron chi connectivity index (χ1n) is 12.1. The second kappa shape index (κ2) is 10.5. The number of imidazole rings is 1. The summed E-state index contributed by atoms with van der Waals surface area (Å²) in [6, 6.07) is 10.3. The average molecular weight is 496 g/mol. The van der Waals surface area contributed by atoms with Crippen molar-refractivity contribution in [3.8, 4) is 17.2 Å². The molecule has 1 amide bonds. The zero-order chi connectivity index (χ0) is 26.0. The average Bonchev–Trinajstić information content (AvgIpc) is 3.25. The lowest BCUT2D eigenvalue weighted by molar-refractivity contribution is -0.153. The molecule has 2 heterocycles. The van der Waals surface area contributed by atoms with Crippen molar-refractivity contribution in [1.29, 1.82) is 0 Å². The number of amides is 1. The van der Waals surface area contributed by atoms with E-state index in [9.17, 15) is 9.59 Å². The third-order valence-electron chi connectivity index (χ3n) is 6.47. The van der Waals surface area contributed by atoms with Crippen LogP contribution in [0.1, 0.15) is 38.8 Å². The largest absolute Gasteiger partial charge is 0.496 e. The first kappa shape index (κ1) is 25.3. The van der Waals surface area contributed by atoms with Crippen LogP contribution in [0.15, 0.2) is 36.4 Å². The lowest BCUT2D eigenvalue weighted by atomic mass is 9.88. The van der Waals surface area contributed by atoms with E-state index in [0.29, 0.717) is 41.2 Å². The molecule has 1 aliphatic heterocycles. The van der Waals surface area contributed by atoms with Crippen LogP contribution in [0.2, 0.25) is 0 Å². The van der Waals surface area contributed by atoms with Gasteiger partial charge in [0.25, 0.3) is 0 Å². The van der Waals surface area contributed by atoms with Gasteiger partial charge in [0, 0.05) is 18.2 Å². The summed E-state index contributed by atoms with van der Waals surface area (Å²) in [6.07, 6.45) is 0.759. The molecule has 9 nitrogen and oxygen atoms in total. The molecule has 192 valence electrons. The van der Waals surface area contributed by atoms with E-state index in [0.717, 1.165) is 17.5 Å². The Morgan fingerprint density at radius 2 is 1.69 bits per heavy atom. The Morgan fingerprint density at radius 1 is 1.03 bits per heavy atom. The topological polar surface area (TPSA) is 92.1 Å². The highest BCUT2D eigenvalue weighted by atomic mass is 16.5. The van der Waals surface area contributed by atoms with Gasteiger partial charge < -0.3 is 23.5 Å². The van der Waals surface area contributed by atoms with Crippen LogP contribution in [-0.4, -0.2) is 55.9 Å². The number of aromatic nitrogens is 2. The summed E-state index contributed by atoms with van der Waals surface area (Å²) in [7, 11) is 4.61. The summed E-state index contributed by atoms with van der Waals surface area (Å²) in [5.41, 5.74) is 2.11. The molecule has 0 fully saturated rings. The molecular weight excluding hydrogens is 462 g/mol. The first-order valence-corrected chi connectivity index (χ1v) is 12.1. The Bertz CT molecular complexity index is 1270. The SMILES string of the molecule is CCOC(=O)[C@@H]1C(=O)N(CCC(C)C)c2nc3ccccc3n2[C@H]1c1cc(OC)c(OC)cc1OC. The number of fused-ring (bicyclic) bond motifs is 3. The van der Waals surface area contributed by atoms with Crippen molar-refractivity contribution in [1.82, 2.24) is 9.55 Å². The summed E-state index contributed by atoms with van der Waals surface area (Å²) in [6.45, 7) is 6.51. The molecule has 0 N–H and O–H groups in total. The Kier molecular flexibility index (Phi) is 7.37. The molecule has 2 atom stereocenters. The number of methoxy groups -OCH3 is 3. The zero-order valence-electron chi connectivity index (χ0n) is 21.6. The molecule has 0 saturated carbocycles. The molecule has 36 heavy (non-hydrogen) atoms. The summed E-state index contributed by atoms with van der Waals surface area (Å²) >= 11 is 0. The van der Waals surface area contributed by atoms with E-state index in [1.165, 1.54) is 21.3 Å². The van der Waals surface area contributed by atoms with E-state index in [1.54, 1.807) is 24.0 Å². The fraction of sp³-hybridized carbons (Fsp3) is 0.444. The number of benzene rings is 2. The van der Waals surface area contributed by atoms with Crippen LogP contribution < -0.4 is 19.1 Å². The van der Waals surface area contributed by atoms with Crippen molar-refractivity contribution in [2.75, 3.05) is 39.4 Å². The van der Waals surface area contributed by atoms with Gasteiger partial charge in [0.1, 0.15) is 5.75 Å². The Labute approximate surface area is 210 Å². The van der Waals surface area contributed by atoms with Gasteiger partial charge in [-0.2, -0.15) is 0 Å². The van der Waals surface area contributed by atoms with Gasteiger partial charge in [0.15, 0.2) is 17.4 Å². The van der Waals surface area contributed by atoms with E-state index < -0.39 is 17.9 Å². The minimum absolute atomic E-state index is 0.155. The lowest BCUT2D eigenvalue weighted by Crippen LogP contribution is -2.50. The maximum Gasteiger partial charge on any atom is 0.321 e. The molecule has 2 aromatic carbocycles. The van der Waals surface area contributed by atoms with Crippen LogP contribution >= 0.6 is 0 Å². The van der Waals surface area contributed by atoms with Crippen molar-refractivity contribution in [2.24, 2.45) is 11.8 Å². The van der Waals surface area contributed by atoms with Gasteiger partial charge in [-0.25, -0.2) is 4.98 Å². The number of anilines is 1. The van der Waals surface area contributed by atoms with E-state index in [2.05, 4.69) is 13.8 Å². The van der Waals surface area contributed by atoms with Crippen LogP contribution in [0, 0.1) is 11.8 Å². The quantitative estimate of drug-likeness (QED) is 0.324. The predicted octanol–water partition coefficient (Wildman–Crippen LogP) is 4.22. The molecule has 1 aromatic heterocycles. The second-order valence-corrected chi connectivity index (χ2v) is 9.07. The predicted molar refractivity (Wildman–Crippen MR) is 136 cm³/mol. The molecule has 0 radical (unpaired) electrons. The smallest absolute Gasteiger partial charge is 0.321 e. The number of carbonyl (C=O) groups is 2. The molecule has 0 aliphatic carbocycles. The number of hydrogen-bond acceptors (Lipinski definition) is 7. The molecule has 3 aromatic rings. The van der Waals surface area contributed by atoms with Crippen LogP contribution in [0.3, 0.4) is 0 Å². The van der Waals surface area contributed by atoms with Crippen molar-refractivity contribution < 1.29 is 28.5 Å². The fourth-order valence-electron chi connectivity index (χ4n) is 4.71. The molecule has 0 saturated heterocycles. The monoisotopic (exact) mass is 495 g/mol. The number of para-hydroxylation sites is 2. The van der Waals surface area contributed by atoms with Crippen LogP contribution in [0.25, 0.3) is 11.0 Å². The van der Waals surface area contributed by atoms with Gasteiger partial charge in [-0.1, -0.05) is 26.0 Å². The Hall–Kier alpha value is -3.75. The van der Waals surface area contributed by atoms with Crippen molar-refractivity contribution >= 4 is 28.9 Å². The highest BCUT2D eigenvalue weighted by Crippen LogP contribution is 2.47. The minimum atomic E-state index is -1.14. The van der Waals surface area contributed by atoms with Gasteiger partial charge in [-0.15, -0.1) is 0 Å². The van der Waals surface area contributed by atoms with E-state index in [4.69, 9.17) is 23.9 Å². The number of rotatable bonds is 9. The van der Waals surface area contributed by atoms with Gasteiger partial charge in [0.05, 0.1) is 45.0 Å². The van der Waals surface area contributed by atoms with Crippen molar-refractivity contribution in [2.45, 2.75) is 33.2 Å². The third-order valence-corrected chi connectivity index (χ3v) is 6.47. The van der Waals surface area contributed by atoms with Gasteiger partial charge in [0.2, 0.25) is 11.9 Å². The van der Waals surface area contributed by atoms with E-state index in [1.807, 2.05) is 28.8 Å².